The van der Waals surface area contributed by atoms with Gasteiger partial charge in [0.1, 0.15) is 11.2 Å². The zero-order valence-corrected chi connectivity index (χ0v) is 11.9. The van der Waals surface area contributed by atoms with E-state index in [9.17, 15) is 9.59 Å². The van der Waals surface area contributed by atoms with Crippen molar-refractivity contribution in [2.75, 3.05) is 6.61 Å². The standard InChI is InChI=1S/C14H18N2O3/c1-6-19-14(18)11-7-10-8(2)9(3)15(4)13(17)12(10)16(11)5/h7H,6H2,1-5H3. The zero-order chi connectivity index (χ0) is 14.3. The molecule has 2 aromatic heterocycles. The molecule has 0 aliphatic carbocycles. The molecule has 5 heteroatoms. The molecule has 0 saturated heterocycles. The summed E-state index contributed by atoms with van der Waals surface area (Å²) in [4.78, 5) is 24.2. The molecular formula is C14H18N2O3. The van der Waals surface area contributed by atoms with Gasteiger partial charge in [0.05, 0.1) is 6.61 Å². The van der Waals surface area contributed by atoms with Crippen LogP contribution in [0.5, 0.6) is 0 Å². The maximum Gasteiger partial charge on any atom is 0.354 e. The number of carbonyl (C=O) groups is 1. The molecular weight excluding hydrogens is 244 g/mol. The van der Waals surface area contributed by atoms with Crippen molar-refractivity contribution in [2.45, 2.75) is 20.8 Å². The first-order valence-electron chi connectivity index (χ1n) is 6.22. The minimum atomic E-state index is -0.402. The molecule has 102 valence electrons. The topological polar surface area (TPSA) is 53.2 Å². The number of aromatic nitrogens is 2. The third-order valence-electron chi connectivity index (χ3n) is 3.67. The number of fused-ring (bicyclic) bond motifs is 1. The lowest BCUT2D eigenvalue weighted by Gasteiger charge is -2.09. The first kappa shape index (κ1) is 13.4. The van der Waals surface area contributed by atoms with Crippen molar-refractivity contribution in [1.29, 1.82) is 0 Å². The van der Waals surface area contributed by atoms with Crippen molar-refractivity contribution in [3.05, 3.63) is 33.4 Å². The fraction of sp³-hybridized carbons (Fsp3) is 0.429. The number of carbonyl (C=O) groups excluding carboxylic acids is 1. The number of nitrogens with zero attached hydrogens (tertiary/aromatic N) is 2. The number of hydrogen-bond donors (Lipinski definition) is 0. The Labute approximate surface area is 111 Å². The van der Waals surface area contributed by atoms with E-state index in [1.807, 2.05) is 13.8 Å². The average Bonchev–Trinajstić information content (AvgIpc) is 2.72. The molecule has 0 atom stereocenters. The lowest BCUT2D eigenvalue weighted by atomic mass is 10.1. The van der Waals surface area contributed by atoms with E-state index in [0.717, 1.165) is 16.6 Å². The molecule has 19 heavy (non-hydrogen) atoms. The summed E-state index contributed by atoms with van der Waals surface area (Å²) in [5, 5.41) is 0.811. The van der Waals surface area contributed by atoms with Gasteiger partial charge in [0, 0.05) is 25.2 Å². The molecule has 0 aromatic carbocycles. The van der Waals surface area contributed by atoms with E-state index < -0.39 is 5.97 Å². The maximum atomic E-state index is 12.3. The minimum absolute atomic E-state index is 0.101. The Balaban J connectivity index is 2.85. The highest BCUT2D eigenvalue weighted by molar-refractivity contribution is 5.96. The Morgan fingerprint density at radius 2 is 1.89 bits per heavy atom. The summed E-state index contributed by atoms with van der Waals surface area (Å²) in [6.07, 6.45) is 0. The highest BCUT2D eigenvalue weighted by Gasteiger charge is 2.19. The largest absolute Gasteiger partial charge is 0.461 e. The average molecular weight is 262 g/mol. The van der Waals surface area contributed by atoms with E-state index in [1.165, 1.54) is 0 Å². The third kappa shape index (κ3) is 1.85. The van der Waals surface area contributed by atoms with E-state index in [0.29, 0.717) is 17.8 Å². The van der Waals surface area contributed by atoms with E-state index in [4.69, 9.17) is 4.74 Å². The monoisotopic (exact) mass is 262 g/mol. The maximum absolute atomic E-state index is 12.3. The Morgan fingerprint density at radius 3 is 2.47 bits per heavy atom. The van der Waals surface area contributed by atoms with Gasteiger partial charge in [0.2, 0.25) is 0 Å². The number of pyridine rings is 1. The third-order valence-corrected chi connectivity index (χ3v) is 3.67. The Hall–Kier alpha value is -2.04. The second-order valence-corrected chi connectivity index (χ2v) is 4.65. The van der Waals surface area contributed by atoms with Crippen LogP contribution in [0.1, 0.15) is 28.7 Å². The molecule has 0 radical (unpaired) electrons. The first-order valence-corrected chi connectivity index (χ1v) is 6.22. The Morgan fingerprint density at radius 1 is 1.26 bits per heavy atom. The van der Waals surface area contributed by atoms with Gasteiger partial charge in [0.25, 0.3) is 5.56 Å². The lowest BCUT2D eigenvalue weighted by Crippen LogP contribution is -2.22. The highest BCUT2D eigenvalue weighted by Crippen LogP contribution is 2.22. The molecule has 0 amide bonds. The molecule has 5 nitrogen and oxygen atoms in total. The number of ether oxygens (including phenoxy) is 1. The summed E-state index contributed by atoms with van der Waals surface area (Å²) in [5.74, 6) is -0.402. The summed E-state index contributed by atoms with van der Waals surface area (Å²) in [5.41, 5.74) is 2.74. The smallest absolute Gasteiger partial charge is 0.354 e. The van der Waals surface area contributed by atoms with E-state index >= 15 is 0 Å². The van der Waals surface area contributed by atoms with Gasteiger partial charge >= 0.3 is 5.97 Å². The van der Waals surface area contributed by atoms with Gasteiger partial charge < -0.3 is 13.9 Å². The summed E-state index contributed by atoms with van der Waals surface area (Å²) >= 11 is 0. The van der Waals surface area contributed by atoms with Crippen molar-refractivity contribution in [2.24, 2.45) is 14.1 Å². The van der Waals surface area contributed by atoms with Crippen LogP contribution in [-0.2, 0) is 18.8 Å². The quantitative estimate of drug-likeness (QED) is 0.774. The Kier molecular flexibility index (Phi) is 3.22. The first-order chi connectivity index (χ1) is 8.90. The van der Waals surface area contributed by atoms with E-state index in [2.05, 4.69) is 0 Å². The van der Waals surface area contributed by atoms with E-state index in [1.54, 1.807) is 36.2 Å². The number of aryl methyl sites for hydroxylation is 2. The van der Waals surface area contributed by atoms with Gasteiger partial charge in [-0.1, -0.05) is 0 Å². The lowest BCUT2D eigenvalue weighted by molar-refractivity contribution is 0.0516. The summed E-state index contributed by atoms with van der Waals surface area (Å²) in [7, 11) is 3.45. The normalized spacial score (nSPS) is 11.0. The predicted octanol–water partition coefficient (Wildman–Crippen LogP) is 1.67. The Bertz CT molecular complexity index is 723. The molecule has 0 spiro atoms. The van der Waals surface area contributed by atoms with Crippen molar-refractivity contribution in [1.82, 2.24) is 9.13 Å². The van der Waals surface area contributed by atoms with Gasteiger partial charge in [-0.25, -0.2) is 4.79 Å². The van der Waals surface area contributed by atoms with Gasteiger partial charge in [0.15, 0.2) is 0 Å². The second kappa shape index (κ2) is 4.57. The molecule has 0 aliphatic heterocycles. The summed E-state index contributed by atoms with van der Waals surface area (Å²) < 4.78 is 8.23. The minimum Gasteiger partial charge on any atom is -0.461 e. The van der Waals surface area contributed by atoms with Crippen molar-refractivity contribution >= 4 is 16.9 Å². The fourth-order valence-corrected chi connectivity index (χ4v) is 2.31. The van der Waals surface area contributed by atoms with Crippen LogP contribution in [-0.4, -0.2) is 21.7 Å². The highest BCUT2D eigenvalue weighted by atomic mass is 16.5. The molecule has 2 heterocycles. The predicted molar refractivity (Wildman–Crippen MR) is 73.6 cm³/mol. The van der Waals surface area contributed by atoms with Crippen LogP contribution in [0, 0.1) is 13.8 Å². The molecule has 0 aliphatic rings. The van der Waals surface area contributed by atoms with Crippen LogP contribution in [0.3, 0.4) is 0 Å². The van der Waals surface area contributed by atoms with Crippen LogP contribution in [0.25, 0.3) is 10.9 Å². The van der Waals surface area contributed by atoms with Crippen LogP contribution >= 0.6 is 0 Å². The SMILES string of the molecule is CCOC(=O)c1cc2c(C)c(C)n(C)c(=O)c2n1C. The second-order valence-electron chi connectivity index (χ2n) is 4.65. The molecule has 0 fully saturated rings. The van der Waals surface area contributed by atoms with Gasteiger partial charge in [-0.2, -0.15) is 0 Å². The summed E-state index contributed by atoms with van der Waals surface area (Å²) in [6.45, 7) is 5.92. The number of rotatable bonds is 2. The molecule has 0 bridgehead atoms. The summed E-state index contributed by atoms with van der Waals surface area (Å²) in [6, 6.07) is 1.73. The van der Waals surface area contributed by atoms with E-state index in [-0.39, 0.29) is 5.56 Å². The van der Waals surface area contributed by atoms with Gasteiger partial charge in [-0.05, 0) is 32.4 Å². The fourth-order valence-electron chi connectivity index (χ4n) is 2.31. The van der Waals surface area contributed by atoms with Gasteiger partial charge in [-0.15, -0.1) is 0 Å². The van der Waals surface area contributed by atoms with Crippen LogP contribution in [0.4, 0.5) is 0 Å². The molecule has 0 saturated carbocycles. The number of hydrogen-bond acceptors (Lipinski definition) is 3. The molecule has 2 aromatic rings. The molecule has 2 rings (SSSR count). The molecule has 0 unspecified atom stereocenters. The zero-order valence-electron chi connectivity index (χ0n) is 11.9. The number of esters is 1. The van der Waals surface area contributed by atoms with Crippen LogP contribution in [0.2, 0.25) is 0 Å². The van der Waals surface area contributed by atoms with Crippen LogP contribution < -0.4 is 5.56 Å². The van der Waals surface area contributed by atoms with Gasteiger partial charge in [-0.3, -0.25) is 4.79 Å². The van der Waals surface area contributed by atoms with Crippen molar-refractivity contribution < 1.29 is 9.53 Å². The van der Waals surface area contributed by atoms with Crippen LogP contribution in [0.15, 0.2) is 10.9 Å². The molecule has 0 N–H and O–H groups in total. The van der Waals surface area contributed by atoms with Crippen molar-refractivity contribution in [3.63, 3.8) is 0 Å². The van der Waals surface area contributed by atoms with Crippen molar-refractivity contribution in [3.8, 4) is 0 Å².